The Labute approximate surface area is 107 Å². The maximum absolute atomic E-state index is 13.2. The molecule has 1 heterocycles. The van der Waals surface area contributed by atoms with Crippen LogP contribution in [0.2, 0.25) is 0 Å². The van der Waals surface area contributed by atoms with Gasteiger partial charge in [-0.05, 0) is 43.2 Å². The van der Waals surface area contributed by atoms with Crippen molar-refractivity contribution in [2.45, 2.75) is 19.9 Å². The third-order valence-electron chi connectivity index (χ3n) is 2.73. The molecule has 1 aromatic carbocycles. The van der Waals surface area contributed by atoms with Crippen molar-refractivity contribution in [1.29, 1.82) is 0 Å². The van der Waals surface area contributed by atoms with Crippen LogP contribution in [0, 0.1) is 31.3 Å². The number of thiophene rings is 1. The zero-order valence-corrected chi connectivity index (χ0v) is 10.7. The molecule has 2 N–H and O–H groups in total. The maximum Gasteiger partial charge on any atom is 0.194 e. The van der Waals surface area contributed by atoms with Gasteiger partial charge in [0.1, 0.15) is 0 Å². The number of halogens is 3. The molecule has 1 atom stereocenters. The molecule has 2 aromatic rings. The van der Waals surface area contributed by atoms with Gasteiger partial charge in [-0.3, -0.25) is 0 Å². The molecule has 0 radical (unpaired) electrons. The zero-order valence-electron chi connectivity index (χ0n) is 9.93. The van der Waals surface area contributed by atoms with E-state index < -0.39 is 23.5 Å². The first kappa shape index (κ1) is 13.1. The van der Waals surface area contributed by atoms with Crippen molar-refractivity contribution in [2.24, 2.45) is 5.73 Å². The SMILES string of the molecule is Cc1cc(C)c(C(N)c2cc(F)c(F)c(F)c2)s1. The number of nitrogens with two attached hydrogens (primary N) is 1. The minimum Gasteiger partial charge on any atom is -0.320 e. The molecule has 2 rings (SSSR count). The molecule has 0 fully saturated rings. The summed E-state index contributed by atoms with van der Waals surface area (Å²) in [7, 11) is 0. The molecule has 0 aliphatic heterocycles. The van der Waals surface area contributed by atoms with Crippen molar-refractivity contribution in [3.8, 4) is 0 Å². The lowest BCUT2D eigenvalue weighted by molar-refractivity contribution is 0.444. The number of benzene rings is 1. The third kappa shape index (κ3) is 2.28. The lowest BCUT2D eigenvalue weighted by atomic mass is 10.0. The molecule has 0 aliphatic rings. The first-order valence-corrected chi connectivity index (χ1v) is 6.18. The van der Waals surface area contributed by atoms with Crippen LogP contribution in [-0.2, 0) is 0 Å². The third-order valence-corrected chi connectivity index (χ3v) is 3.96. The zero-order chi connectivity index (χ0) is 13.4. The molecule has 0 aliphatic carbocycles. The van der Waals surface area contributed by atoms with Crippen LogP contribution in [0.4, 0.5) is 13.2 Å². The average Bonchev–Trinajstić information content (AvgIpc) is 2.63. The summed E-state index contributed by atoms with van der Waals surface area (Å²) in [6.45, 7) is 3.81. The summed E-state index contributed by atoms with van der Waals surface area (Å²) in [6, 6.07) is 3.19. The summed E-state index contributed by atoms with van der Waals surface area (Å²) in [5, 5.41) is 0. The monoisotopic (exact) mass is 271 g/mol. The molecule has 0 amide bonds. The van der Waals surface area contributed by atoms with E-state index in [9.17, 15) is 13.2 Å². The van der Waals surface area contributed by atoms with E-state index in [0.29, 0.717) is 0 Å². The van der Waals surface area contributed by atoms with Crippen LogP contribution in [0.25, 0.3) is 0 Å². The van der Waals surface area contributed by atoms with E-state index in [4.69, 9.17) is 5.73 Å². The van der Waals surface area contributed by atoms with Gasteiger partial charge in [-0.15, -0.1) is 11.3 Å². The molecule has 96 valence electrons. The van der Waals surface area contributed by atoms with Gasteiger partial charge in [-0.1, -0.05) is 0 Å². The summed E-state index contributed by atoms with van der Waals surface area (Å²) in [5.41, 5.74) is 7.17. The van der Waals surface area contributed by atoms with Crippen LogP contribution in [0.1, 0.15) is 26.9 Å². The van der Waals surface area contributed by atoms with E-state index in [1.807, 2.05) is 19.9 Å². The first-order chi connectivity index (χ1) is 8.40. The van der Waals surface area contributed by atoms with Gasteiger partial charge in [-0.2, -0.15) is 0 Å². The van der Waals surface area contributed by atoms with Crippen molar-refractivity contribution in [1.82, 2.24) is 0 Å². The summed E-state index contributed by atoms with van der Waals surface area (Å²) >= 11 is 1.47. The normalized spacial score (nSPS) is 12.8. The Kier molecular flexibility index (Phi) is 3.45. The molecule has 1 nitrogen and oxygen atoms in total. The topological polar surface area (TPSA) is 26.0 Å². The smallest absolute Gasteiger partial charge is 0.194 e. The largest absolute Gasteiger partial charge is 0.320 e. The molecular formula is C13H12F3NS. The highest BCUT2D eigenvalue weighted by molar-refractivity contribution is 7.12. The van der Waals surface area contributed by atoms with Crippen LogP contribution in [0.3, 0.4) is 0 Å². The quantitative estimate of drug-likeness (QED) is 0.825. The van der Waals surface area contributed by atoms with Crippen LogP contribution in [0.5, 0.6) is 0 Å². The molecule has 1 aromatic heterocycles. The minimum absolute atomic E-state index is 0.233. The van der Waals surface area contributed by atoms with Gasteiger partial charge >= 0.3 is 0 Å². The standard InChI is InChI=1S/C13H12F3NS/c1-6-3-7(2)18-13(6)12(17)8-4-9(14)11(16)10(15)5-8/h3-5,12H,17H2,1-2H3. The molecule has 0 saturated carbocycles. The fraction of sp³-hybridized carbons (Fsp3) is 0.231. The van der Waals surface area contributed by atoms with Gasteiger partial charge in [0.05, 0.1) is 6.04 Å². The number of hydrogen-bond donors (Lipinski definition) is 1. The van der Waals surface area contributed by atoms with Crippen LogP contribution in [-0.4, -0.2) is 0 Å². The van der Waals surface area contributed by atoms with E-state index in [1.165, 1.54) is 11.3 Å². The Hall–Kier alpha value is -1.33. The van der Waals surface area contributed by atoms with Gasteiger partial charge < -0.3 is 5.73 Å². The molecule has 1 unspecified atom stereocenters. The van der Waals surface area contributed by atoms with Crippen LogP contribution >= 0.6 is 11.3 Å². The van der Waals surface area contributed by atoms with Gasteiger partial charge in [0, 0.05) is 9.75 Å². The summed E-state index contributed by atoms with van der Waals surface area (Å²) in [4.78, 5) is 1.90. The Morgan fingerprint density at radius 2 is 1.61 bits per heavy atom. The Balaban J connectivity index is 2.46. The van der Waals surface area contributed by atoms with E-state index in [2.05, 4.69) is 0 Å². The highest BCUT2D eigenvalue weighted by atomic mass is 32.1. The van der Waals surface area contributed by atoms with E-state index in [1.54, 1.807) is 0 Å². The second-order valence-corrected chi connectivity index (χ2v) is 5.47. The van der Waals surface area contributed by atoms with Crippen molar-refractivity contribution in [2.75, 3.05) is 0 Å². The average molecular weight is 271 g/mol. The van der Waals surface area contributed by atoms with Crippen molar-refractivity contribution < 1.29 is 13.2 Å². The predicted molar refractivity (Wildman–Crippen MR) is 66.1 cm³/mol. The lowest BCUT2D eigenvalue weighted by Gasteiger charge is -2.12. The van der Waals surface area contributed by atoms with Gasteiger partial charge in [0.15, 0.2) is 17.5 Å². The van der Waals surface area contributed by atoms with Crippen LogP contribution in [0.15, 0.2) is 18.2 Å². The number of hydrogen-bond acceptors (Lipinski definition) is 2. The highest BCUT2D eigenvalue weighted by Gasteiger charge is 2.18. The Morgan fingerprint density at radius 3 is 2.06 bits per heavy atom. The molecule has 5 heteroatoms. The highest BCUT2D eigenvalue weighted by Crippen LogP contribution is 2.31. The van der Waals surface area contributed by atoms with E-state index in [0.717, 1.165) is 27.5 Å². The molecule has 18 heavy (non-hydrogen) atoms. The maximum atomic E-state index is 13.2. The van der Waals surface area contributed by atoms with Gasteiger partial charge in [-0.25, -0.2) is 13.2 Å². The molecule has 0 spiro atoms. The van der Waals surface area contributed by atoms with Crippen molar-refractivity contribution in [3.05, 3.63) is 56.5 Å². The molecule has 0 saturated heterocycles. The van der Waals surface area contributed by atoms with Crippen molar-refractivity contribution >= 4 is 11.3 Å². The van der Waals surface area contributed by atoms with Crippen molar-refractivity contribution in [3.63, 3.8) is 0 Å². The minimum atomic E-state index is -1.47. The number of rotatable bonds is 2. The van der Waals surface area contributed by atoms with E-state index in [-0.39, 0.29) is 5.56 Å². The Morgan fingerprint density at radius 1 is 1.06 bits per heavy atom. The van der Waals surface area contributed by atoms with Gasteiger partial charge in [0.2, 0.25) is 0 Å². The summed E-state index contributed by atoms with van der Waals surface area (Å²) in [6.07, 6.45) is 0. The number of aryl methyl sites for hydroxylation is 2. The van der Waals surface area contributed by atoms with Crippen LogP contribution < -0.4 is 5.73 Å². The Bertz CT molecular complexity index is 569. The van der Waals surface area contributed by atoms with Gasteiger partial charge in [0.25, 0.3) is 0 Å². The summed E-state index contributed by atoms with van der Waals surface area (Å²) in [5.74, 6) is -3.90. The molecule has 0 bridgehead atoms. The predicted octanol–water partition coefficient (Wildman–Crippen LogP) is 3.83. The molecular weight excluding hydrogens is 259 g/mol. The lowest BCUT2D eigenvalue weighted by Crippen LogP contribution is -2.12. The van der Waals surface area contributed by atoms with E-state index >= 15 is 0 Å². The fourth-order valence-electron chi connectivity index (χ4n) is 1.87. The first-order valence-electron chi connectivity index (χ1n) is 5.37. The second kappa shape index (κ2) is 4.74. The summed E-state index contributed by atoms with van der Waals surface area (Å²) < 4.78 is 39.2. The fourth-order valence-corrected chi connectivity index (χ4v) is 2.94. The second-order valence-electron chi connectivity index (χ2n) is 4.18.